The molecule has 2 heterocycles. The van der Waals surface area contributed by atoms with Gasteiger partial charge in [-0.15, -0.1) is 0 Å². The Morgan fingerprint density at radius 3 is 1.86 bits per heavy atom. The molecule has 0 saturated heterocycles. The van der Waals surface area contributed by atoms with Crippen molar-refractivity contribution in [3.05, 3.63) is 236 Å². The van der Waals surface area contributed by atoms with Crippen LogP contribution in [0.4, 0.5) is 11.4 Å². The van der Waals surface area contributed by atoms with Crippen molar-refractivity contribution >= 4 is 93.6 Å². The molecule has 0 unspecified atom stereocenters. The first-order chi connectivity index (χ1) is 31.2. The molecule has 3 heteroatoms. The summed E-state index contributed by atoms with van der Waals surface area (Å²) in [7, 11) is 0. The molecule has 0 atom stereocenters. The van der Waals surface area contributed by atoms with E-state index in [-0.39, 0.29) is 0 Å². The van der Waals surface area contributed by atoms with Crippen molar-refractivity contribution in [3.63, 3.8) is 0 Å². The van der Waals surface area contributed by atoms with Crippen LogP contribution in [0.3, 0.4) is 0 Å². The number of furan rings is 2. The van der Waals surface area contributed by atoms with Crippen molar-refractivity contribution in [1.29, 1.82) is 0 Å². The second-order valence-corrected chi connectivity index (χ2v) is 16.1. The van der Waals surface area contributed by atoms with Crippen LogP contribution in [0.1, 0.15) is 5.56 Å². The van der Waals surface area contributed by atoms with Crippen molar-refractivity contribution < 1.29 is 8.83 Å². The van der Waals surface area contributed by atoms with Crippen molar-refractivity contribution in [2.24, 2.45) is 0 Å². The maximum atomic E-state index is 6.74. The molecule has 3 nitrogen and oxygen atoms in total. The van der Waals surface area contributed by atoms with Gasteiger partial charge in [0.05, 0.1) is 11.1 Å². The molecule has 0 fully saturated rings. The minimum Gasteiger partial charge on any atom is -0.455 e. The van der Waals surface area contributed by atoms with Crippen LogP contribution in [0.25, 0.3) is 105 Å². The van der Waals surface area contributed by atoms with E-state index in [1.807, 2.05) is 12.2 Å². The number of anilines is 2. The molecular weight excluding hydrogens is 767 g/mol. The maximum Gasteiger partial charge on any atom is 0.143 e. The van der Waals surface area contributed by atoms with Gasteiger partial charge in [0, 0.05) is 38.3 Å². The zero-order valence-electron chi connectivity index (χ0n) is 34.3. The second kappa shape index (κ2) is 14.9. The molecule has 0 amide bonds. The minimum atomic E-state index is 0.830. The first-order valence-corrected chi connectivity index (χ1v) is 21.4. The van der Waals surface area contributed by atoms with Gasteiger partial charge in [-0.3, -0.25) is 0 Å². The number of rotatable bonds is 8. The summed E-state index contributed by atoms with van der Waals surface area (Å²) in [6, 6.07) is 71.3. The van der Waals surface area contributed by atoms with E-state index in [9.17, 15) is 0 Å². The van der Waals surface area contributed by atoms with Crippen molar-refractivity contribution in [2.75, 3.05) is 4.90 Å². The Kier molecular flexibility index (Phi) is 8.65. The summed E-state index contributed by atoms with van der Waals surface area (Å²) >= 11 is 0. The summed E-state index contributed by atoms with van der Waals surface area (Å²) in [5, 5.41) is 11.3. The van der Waals surface area contributed by atoms with Gasteiger partial charge < -0.3 is 13.7 Å². The third kappa shape index (κ3) is 6.21. The molecule has 63 heavy (non-hydrogen) atoms. The largest absolute Gasteiger partial charge is 0.455 e. The van der Waals surface area contributed by atoms with Crippen LogP contribution in [0.2, 0.25) is 0 Å². The highest BCUT2D eigenvalue weighted by Gasteiger charge is 2.22. The molecular formula is C60H39NO2. The second-order valence-electron chi connectivity index (χ2n) is 16.1. The van der Waals surface area contributed by atoms with Gasteiger partial charge in [0.15, 0.2) is 0 Å². The molecule has 0 aliphatic heterocycles. The van der Waals surface area contributed by atoms with Gasteiger partial charge in [0.25, 0.3) is 0 Å². The number of nitrogens with zero attached hydrogens (tertiary/aromatic N) is 1. The zero-order valence-corrected chi connectivity index (χ0v) is 34.3. The van der Waals surface area contributed by atoms with Crippen LogP contribution in [0, 0.1) is 0 Å². The van der Waals surface area contributed by atoms with E-state index in [0.29, 0.717) is 0 Å². The van der Waals surface area contributed by atoms with Crippen molar-refractivity contribution in [1.82, 2.24) is 0 Å². The van der Waals surface area contributed by atoms with Gasteiger partial charge in [0.2, 0.25) is 0 Å². The predicted octanol–water partition coefficient (Wildman–Crippen LogP) is 17.2. The van der Waals surface area contributed by atoms with E-state index in [4.69, 9.17) is 8.83 Å². The number of benzene rings is 10. The Hall–Kier alpha value is -8.40. The molecule has 0 bridgehead atoms. The molecule has 12 rings (SSSR count). The molecule has 0 radical (unpaired) electrons. The SMILES string of the molecule is C=C/C=C\C(=C\c1ccc2oc3c4ccccc4ccc3c2c1)N(c1ccc(-c2cccc(-c3cccc4ccccc34)c2)cc1)c1cccc2oc3c4ccccc4ccc3c12. The Morgan fingerprint density at radius 1 is 0.444 bits per heavy atom. The average Bonchev–Trinajstić information content (AvgIpc) is 3.93. The topological polar surface area (TPSA) is 29.5 Å². The Labute approximate surface area is 364 Å². The number of fused-ring (bicyclic) bond motifs is 11. The monoisotopic (exact) mass is 805 g/mol. The first kappa shape index (κ1) is 36.5. The molecule has 0 N–H and O–H groups in total. The van der Waals surface area contributed by atoms with E-state index < -0.39 is 0 Å². The van der Waals surface area contributed by atoms with Gasteiger partial charge in [-0.05, 0) is 116 Å². The number of hydrogen-bond donors (Lipinski definition) is 0. The summed E-state index contributed by atoms with van der Waals surface area (Å²) < 4.78 is 13.3. The van der Waals surface area contributed by atoms with Gasteiger partial charge in [-0.2, -0.15) is 0 Å². The van der Waals surface area contributed by atoms with Crippen LogP contribution in [-0.4, -0.2) is 0 Å². The Balaban J connectivity index is 1.04. The smallest absolute Gasteiger partial charge is 0.143 e. The zero-order chi connectivity index (χ0) is 41.9. The fourth-order valence-electron chi connectivity index (χ4n) is 9.43. The molecule has 10 aromatic carbocycles. The summed E-state index contributed by atoms with van der Waals surface area (Å²) in [6.07, 6.45) is 8.22. The Bertz CT molecular complexity index is 3820. The highest BCUT2D eigenvalue weighted by atomic mass is 16.3. The molecule has 0 saturated carbocycles. The highest BCUT2D eigenvalue weighted by molar-refractivity contribution is 6.20. The lowest BCUT2D eigenvalue weighted by Gasteiger charge is -2.27. The fourth-order valence-corrected chi connectivity index (χ4v) is 9.43. The maximum absolute atomic E-state index is 6.74. The molecule has 0 aliphatic rings. The lowest BCUT2D eigenvalue weighted by molar-refractivity contribution is 0.672. The van der Waals surface area contributed by atoms with Crippen molar-refractivity contribution in [2.45, 2.75) is 0 Å². The van der Waals surface area contributed by atoms with Gasteiger partial charge >= 0.3 is 0 Å². The van der Waals surface area contributed by atoms with Crippen molar-refractivity contribution in [3.8, 4) is 22.3 Å². The number of allylic oxidation sites excluding steroid dienone is 3. The standard InChI is InChI=1S/C60H39NO2/c1-2-3-19-47(36-39-26-35-56-54(37-39)52-33-29-42-14-5-8-21-50(42)59(52)62-56)61(55-24-12-25-57-58(55)53-34-30-43-15-6-9-22-51(43)60(53)63-57)46-31-27-40(28-32-46)44-17-10-18-45(38-44)49-23-11-16-41-13-4-7-20-48(41)49/h2-38H,1H2/b19-3-,47-36-. The number of hydrogen-bond acceptors (Lipinski definition) is 3. The third-order valence-corrected chi connectivity index (χ3v) is 12.4. The summed E-state index contributed by atoms with van der Waals surface area (Å²) in [6.45, 7) is 4.08. The Morgan fingerprint density at radius 2 is 1.08 bits per heavy atom. The highest BCUT2D eigenvalue weighted by Crippen LogP contribution is 2.44. The van der Waals surface area contributed by atoms with Crippen LogP contribution in [-0.2, 0) is 0 Å². The lowest BCUT2D eigenvalue weighted by atomic mass is 9.95. The van der Waals surface area contributed by atoms with Gasteiger partial charge in [-0.1, -0.05) is 164 Å². The first-order valence-electron chi connectivity index (χ1n) is 21.4. The molecule has 296 valence electrons. The lowest BCUT2D eigenvalue weighted by Crippen LogP contribution is -2.15. The molecule has 12 aromatic rings. The summed E-state index contributed by atoms with van der Waals surface area (Å²) in [5.41, 5.74) is 12.2. The fraction of sp³-hybridized carbons (Fsp3) is 0. The van der Waals surface area contributed by atoms with Gasteiger partial charge in [0.1, 0.15) is 22.3 Å². The van der Waals surface area contributed by atoms with Gasteiger partial charge in [-0.25, -0.2) is 0 Å². The van der Waals surface area contributed by atoms with E-state index in [2.05, 4.69) is 224 Å². The van der Waals surface area contributed by atoms with E-state index in [0.717, 1.165) is 99.2 Å². The van der Waals surface area contributed by atoms with Crippen LogP contribution in [0.15, 0.2) is 240 Å². The van der Waals surface area contributed by atoms with Crippen LogP contribution >= 0.6 is 0 Å². The average molecular weight is 806 g/mol. The molecule has 0 aliphatic carbocycles. The molecule has 0 spiro atoms. The minimum absolute atomic E-state index is 0.830. The van der Waals surface area contributed by atoms with E-state index in [1.54, 1.807) is 0 Å². The van der Waals surface area contributed by atoms with E-state index in [1.165, 1.54) is 21.9 Å². The summed E-state index contributed by atoms with van der Waals surface area (Å²) in [4.78, 5) is 2.34. The van der Waals surface area contributed by atoms with Crippen LogP contribution < -0.4 is 4.90 Å². The predicted molar refractivity (Wildman–Crippen MR) is 267 cm³/mol. The quantitative estimate of drug-likeness (QED) is 0.143. The third-order valence-electron chi connectivity index (χ3n) is 12.4. The summed E-state index contributed by atoms with van der Waals surface area (Å²) in [5.74, 6) is 0. The normalized spacial score (nSPS) is 12.2. The van der Waals surface area contributed by atoms with Crippen LogP contribution in [0.5, 0.6) is 0 Å². The van der Waals surface area contributed by atoms with E-state index >= 15 is 0 Å². The molecule has 2 aromatic heterocycles.